The molecule has 3 heterocycles. The van der Waals surface area contributed by atoms with Gasteiger partial charge < -0.3 is 15.4 Å². The molecular formula is C21H30N4O2S. The van der Waals surface area contributed by atoms with Gasteiger partial charge in [0.2, 0.25) is 0 Å². The number of aryl methyl sites for hydroxylation is 1. The lowest BCUT2D eigenvalue weighted by molar-refractivity contribution is -0.149. The van der Waals surface area contributed by atoms with E-state index in [0.29, 0.717) is 12.4 Å². The van der Waals surface area contributed by atoms with E-state index >= 15 is 0 Å². The van der Waals surface area contributed by atoms with E-state index in [1.165, 1.54) is 16.9 Å². The van der Waals surface area contributed by atoms with Gasteiger partial charge in [-0.25, -0.2) is 9.97 Å². The monoisotopic (exact) mass is 402 g/mol. The summed E-state index contributed by atoms with van der Waals surface area (Å²) in [6.45, 7) is 7.39. The molecule has 2 N–H and O–H groups in total. The van der Waals surface area contributed by atoms with E-state index in [1.54, 1.807) is 11.3 Å². The molecule has 1 aliphatic heterocycles. The van der Waals surface area contributed by atoms with Gasteiger partial charge in [-0.3, -0.25) is 4.79 Å². The highest BCUT2D eigenvalue weighted by Crippen LogP contribution is 2.39. The number of nitrogens with zero attached hydrogens (tertiary/aromatic N) is 3. The number of thiophene rings is 1. The highest BCUT2D eigenvalue weighted by molar-refractivity contribution is 7.19. The zero-order valence-electron chi connectivity index (χ0n) is 16.9. The molecule has 0 aromatic carbocycles. The summed E-state index contributed by atoms with van der Waals surface area (Å²) in [5.41, 5.74) is 7.73. The number of ether oxygens (including phenoxy) is 1. The molecule has 6 nitrogen and oxygen atoms in total. The average molecular weight is 403 g/mol. The zero-order chi connectivity index (χ0) is 19.7. The molecule has 7 heteroatoms. The van der Waals surface area contributed by atoms with Gasteiger partial charge in [0.25, 0.3) is 0 Å². The minimum atomic E-state index is -0.0420. The minimum Gasteiger partial charge on any atom is -0.466 e. The Balaban J connectivity index is 1.39. The number of hydrogen-bond donors (Lipinski definition) is 1. The number of likely N-dealkylation sites (tertiary alicyclic amines) is 1. The van der Waals surface area contributed by atoms with Crippen molar-refractivity contribution in [2.24, 2.45) is 11.8 Å². The van der Waals surface area contributed by atoms with Crippen molar-refractivity contribution in [1.29, 1.82) is 0 Å². The summed E-state index contributed by atoms with van der Waals surface area (Å²) in [6, 6.07) is 0. The van der Waals surface area contributed by atoms with E-state index in [1.807, 2.05) is 6.92 Å². The van der Waals surface area contributed by atoms with Gasteiger partial charge in [-0.2, -0.15) is 0 Å². The first-order valence-corrected chi connectivity index (χ1v) is 11.3. The number of nitrogen functional groups attached to an aromatic ring is 1. The van der Waals surface area contributed by atoms with Gasteiger partial charge >= 0.3 is 5.97 Å². The van der Waals surface area contributed by atoms with Gasteiger partial charge in [0, 0.05) is 17.8 Å². The largest absolute Gasteiger partial charge is 0.466 e. The van der Waals surface area contributed by atoms with E-state index in [4.69, 9.17) is 15.5 Å². The molecule has 1 saturated heterocycles. The predicted octanol–water partition coefficient (Wildman–Crippen LogP) is 3.22. The standard InChI is InChI=1S/C21H30N4O2S/c1-3-27-21(26)14-6-9-25(10-7-14)11-8-17-23-19(22)18-15-5-4-13(2)12-16(15)28-20(18)24-17/h13-14H,3-12H2,1-2H3,(H2,22,23,24). The molecule has 1 fully saturated rings. The quantitative estimate of drug-likeness (QED) is 0.774. The van der Waals surface area contributed by atoms with Crippen LogP contribution in [0.3, 0.4) is 0 Å². The highest BCUT2D eigenvalue weighted by atomic mass is 32.1. The Morgan fingerprint density at radius 1 is 1.29 bits per heavy atom. The first-order valence-electron chi connectivity index (χ1n) is 10.5. The second-order valence-electron chi connectivity index (χ2n) is 8.17. The Labute approximate surface area is 170 Å². The number of carbonyl (C=O) groups excluding carboxylic acids is 1. The maximum atomic E-state index is 11.9. The lowest BCUT2D eigenvalue weighted by atomic mass is 9.89. The summed E-state index contributed by atoms with van der Waals surface area (Å²) in [4.78, 5) is 26.2. The lowest BCUT2D eigenvalue weighted by Gasteiger charge is -2.30. The third kappa shape index (κ3) is 4.01. The van der Waals surface area contributed by atoms with Crippen LogP contribution in [0.1, 0.15) is 49.4 Å². The Kier molecular flexibility index (Phi) is 5.83. The van der Waals surface area contributed by atoms with Gasteiger partial charge in [0.1, 0.15) is 16.5 Å². The van der Waals surface area contributed by atoms with Gasteiger partial charge in [0.05, 0.1) is 17.9 Å². The van der Waals surface area contributed by atoms with Crippen molar-refractivity contribution in [2.75, 3.05) is 32.0 Å². The minimum absolute atomic E-state index is 0.0420. The third-order valence-electron chi connectivity index (χ3n) is 6.09. The van der Waals surface area contributed by atoms with Gasteiger partial charge in [-0.05, 0) is 63.6 Å². The highest BCUT2D eigenvalue weighted by Gasteiger charge is 2.26. The number of fused-ring (bicyclic) bond motifs is 3. The second-order valence-corrected chi connectivity index (χ2v) is 9.26. The molecule has 0 bridgehead atoms. The van der Waals surface area contributed by atoms with E-state index in [2.05, 4.69) is 16.8 Å². The summed E-state index contributed by atoms with van der Waals surface area (Å²) in [5.74, 6) is 2.24. The Hall–Kier alpha value is -1.73. The van der Waals surface area contributed by atoms with Crippen LogP contribution in [0.4, 0.5) is 5.82 Å². The molecule has 0 radical (unpaired) electrons. The first kappa shape index (κ1) is 19.6. The van der Waals surface area contributed by atoms with Crippen LogP contribution in [-0.4, -0.2) is 47.1 Å². The number of nitrogens with two attached hydrogens (primary N) is 1. The SMILES string of the molecule is CCOC(=O)C1CCN(CCc2nc(N)c3c4c(sc3n2)CC(C)CC4)CC1. The van der Waals surface area contributed by atoms with Crippen molar-refractivity contribution < 1.29 is 9.53 Å². The third-order valence-corrected chi connectivity index (χ3v) is 7.24. The van der Waals surface area contributed by atoms with Crippen LogP contribution in [0.2, 0.25) is 0 Å². The van der Waals surface area contributed by atoms with Gasteiger partial charge in [0.15, 0.2) is 0 Å². The van der Waals surface area contributed by atoms with Crippen molar-refractivity contribution in [2.45, 2.75) is 52.4 Å². The fourth-order valence-corrected chi connectivity index (χ4v) is 5.85. The summed E-state index contributed by atoms with van der Waals surface area (Å²) in [7, 11) is 0. The van der Waals surface area contributed by atoms with Crippen LogP contribution in [0.5, 0.6) is 0 Å². The summed E-state index contributed by atoms with van der Waals surface area (Å²) < 4.78 is 5.15. The molecule has 28 heavy (non-hydrogen) atoms. The van der Waals surface area contributed by atoms with Crippen molar-refractivity contribution in [3.05, 3.63) is 16.3 Å². The van der Waals surface area contributed by atoms with Crippen LogP contribution in [-0.2, 0) is 28.8 Å². The van der Waals surface area contributed by atoms with E-state index in [9.17, 15) is 4.79 Å². The van der Waals surface area contributed by atoms with Crippen molar-refractivity contribution in [1.82, 2.24) is 14.9 Å². The predicted molar refractivity (Wildman–Crippen MR) is 113 cm³/mol. The van der Waals surface area contributed by atoms with Crippen LogP contribution >= 0.6 is 11.3 Å². The Morgan fingerprint density at radius 3 is 2.82 bits per heavy atom. The van der Waals surface area contributed by atoms with E-state index < -0.39 is 0 Å². The zero-order valence-corrected chi connectivity index (χ0v) is 17.7. The maximum absolute atomic E-state index is 11.9. The molecule has 0 amide bonds. The molecule has 1 atom stereocenters. The number of rotatable bonds is 5. The molecule has 152 valence electrons. The second kappa shape index (κ2) is 8.33. The topological polar surface area (TPSA) is 81.3 Å². The molecule has 2 aliphatic rings. The maximum Gasteiger partial charge on any atom is 0.309 e. The molecule has 1 unspecified atom stereocenters. The fourth-order valence-electron chi connectivity index (χ4n) is 4.44. The molecule has 0 spiro atoms. The van der Waals surface area contributed by atoms with Crippen molar-refractivity contribution in [3.63, 3.8) is 0 Å². The number of anilines is 1. The van der Waals surface area contributed by atoms with E-state index in [0.717, 1.165) is 73.7 Å². The number of piperidine rings is 1. The summed E-state index contributed by atoms with van der Waals surface area (Å²) in [5, 5.41) is 1.10. The first-order chi connectivity index (χ1) is 13.5. The lowest BCUT2D eigenvalue weighted by Crippen LogP contribution is -2.38. The molecule has 1 aliphatic carbocycles. The van der Waals surface area contributed by atoms with Gasteiger partial charge in [-0.15, -0.1) is 11.3 Å². The molecule has 4 rings (SSSR count). The smallest absolute Gasteiger partial charge is 0.309 e. The summed E-state index contributed by atoms with van der Waals surface area (Å²) >= 11 is 1.81. The average Bonchev–Trinajstić information content (AvgIpc) is 3.04. The van der Waals surface area contributed by atoms with Crippen molar-refractivity contribution >= 4 is 33.3 Å². The van der Waals surface area contributed by atoms with Crippen LogP contribution < -0.4 is 5.73 Å². The molecule has 2 aromatic rings. The van der Waals surface area contributed by atoms with E-state index in [-0.39, 0.29) is 11.9 Å². The number of carbonyl (C=O) groups is 1. The Bertz CT molecular complexity index is 858. The molecule has 0 saturated carbocycles. The van der Waals surface area contributed by atoms with Crippen LogP contribution in [0.15, 0.2) is 0 Å². The van der Waals surface area contributed by atoms with Crippen LogP contribution in [0, 0.1) is 11.8 Å². The summed E-state index contributed by atoms with van der Waals surface area (Å²) in [6.07, 6.45) is 6.00. The number of esters is 1. The fraction of sp³-hybridized carbons (Fsp3) is 0.667. The van der Waals surface area contributed by atoms with Crippen molar-refractivity contribution in [3.8, 4) is 0 Å². The number of aromatic nitrogens is 2. The normalized spacial score (nSPS) is 21.0. The van der Waals surface area contributed by atoms with Crippen LogP contribution in [0.25, 0.3) is 10.2 Å². The Morgan fingerprint density at radius 2 is 2.07 bits per heavy atom. The molecule has 2 aromatic heterocycles. The number of hydrogen-bond acceptors (Lipinski definition) is 7. The molecular weight excluding hydrogens is 372 g/mol. The van der Waals surface area contributed by atoms with Gasteiger partial charge in [-0.1, -0.05) is 6.92 Å².